The SMILES string of the molecule is CC(C)c1ccc(F)cc1CC1CCNCC1. The molecule has 0 bridgehead atoms. The van der Waals surface area contributed by atoms with Gasteiger partial charge in [0.25, 0.3) is 0 Å². The van der Waals surface area contributed by atoms with E-state index < -0.39 is 0 Å². The Labute approximate surface area is 103 Å². The van der Waals surface area contributed by atoms with E-state index in [0.717, 1.165) is 25.4 Å². The van der Waals surface area contributed by atoms with E-state index in [4.69, 9.17) is 0 Å². The molecule has 0 aliphatic carbocycles. The summed E-state index contributed by atoms with van der Waals surface area (Å²) in [6.07, 6.45) is 3.47. The van der Waals surface area contributed by atoms with Crippen LogP contribution in [0.15, 0.2) is 18.2 Å². The summed E-state index contributed by atoms with van der Waals surface area (Å²) in [4.78, 5) is 0. The van der Waals surface area contributed by atoms with Gasteiger partial charge in [-0.05, 0) is 67.4 Å². The summed E-state index contributed by atoms with van der Waals surface area (Å²) in [5.74, 6) is 1.10. The molecule has 94 valence electrons. The van der Waals surface area contributed by atoms with E-state index in [1.807, 2.05) is 6.07 Å². The summed E-state index contributed by atoms with van der Waals surface area (Å²) in [7, 11) is 0. The summed E-state index contributed by atoms with van der Waals surface area (Å²) in [6, 6.07) is 5.27. The minimum atomic E-state index is -0.0988. The molecular formula is C15H22FN. The van der Waals surface area contributed by atoms with Crippen molar-refractivity contribution in [1.29, 1.82) is 0 Å². The number of halogens is 1. The zero-order valence-corrected chi connectivity index (χ0v) is 10.8. The predicted octanol–water partition coefficient (Wildman–Crippen LogP) is 3.49. The van der Waals surface area contributed by atoms with Gasteiger partial charge in [-0.2, -0.15) is 0 Å². The van der Waals surface area contributed by atoms with Gasteiger partial charge in [0.15, 0.2) is 0 Å². The van der Waals surface area contributed by atoms with Crippen molar-refractivity contribution < 1.29 is 4.39 Å². The molecule has 17 heavy (non-hydrogen) atoms. The Hall–Kier alpha value is -0.890. The molecule has 0 aromatic heterocycles. The molecular weight excluding hydrogens is 213 g/mol. The fraction of sp³-hybridized carbons (Fsp3) is 0.600. The molecule has 0 saturated carbocycles. The van der Waals surface area contributed by atoms with Crippen molar-refractivity contribution in [3.63, 3.8) is 0 Å². The summed E-state index contributed by atoms with van der Waals surface area (Å²) in [5, 5.41) is 3.38. The normalized spacial score (nSPS) is 17.6. The van der Waals surface area contributed by atoms with Crippen LogP contribution in [-0.4, -0.2) is 13.1 Å². The molecule has 2 heteroatoms. The lowest BCUT2D eigenvalue weighted by Gasteiger charge is -2.24. The van der Waals surface area contributed by atoms with Gasteiger partial charge in [0.2, 0.25) is 0 Å². The zero-order valence-electron chi connectivity index (χ0n) is 10.8. The van der Waals surface area contributed by atoms with E-state index in [1.165, 1.54) is 24.0 Å². The highest BCUT2D eigenvalue weighted by molar-refractivity contribution is 5.31. The third-order valence-electron chi connectivity index (χ3n) is 3.69. The molecule has 0 radical (unpaired) electrons. The van der Waals surface area contributed by atoms with Crippen molar-refractivity contribution in [3.05, 3.63) is 35.1 Å². The molecule has 1 fully saturated rings. The van der Waals surface area contributed by atoms with E-state index in [2.05, 4.69) is 19.2 Å². The molecule has 1 heterocycles. The van der Waals surface area contributed by atoms with Gasteiger partial charge in [-0.25, -0.2) is 4.39 Å². The van der Waals surface area contributed by atoms with Crippen LogP contribution in [0.2, 0.25) is 0 Å². The lowest BCUT2D eigenvalue weighted by Crippen LogP contribution is -2.28. The van der Waals surface area contributed by atoms with E-state index in [0.29, 0.717) is 5.92 Å². The van der Waals surface area contributed by atoms with Crippen LogP contribution in [0.25, 0.3) is 0 Å². The summed E-state index contributed by atoms with van der Waals surface area (Å²) >= 11 is 0. The van der Waals surface area contributed by atoms with Gasteiger partial charge >= 0.3 is 0 Å². The predicted molar refractivity (Wildman–Crippen MR) is 69.8 cm³/mol. The van der Waals surface area contributed by atoms with Crippen molar-refractivity contribution in [2.75, 3.05) is 13.1 Å². The van der Waals surface area contributed by atoms with E-state index in [-0.39, 0.29) is 5.82 Å². The van der Waals surface area contributed by atoms with Crippen LogP contribution in [0.4, 0.5) is 4.39 Å². The molecule has 1 nitrogen and oxygen atoms in total. The Balaban J connectivity index is 2.14. The van der Waals surface area contributed by atoms with Crippen LogP contribution in [-0.2, 0) is 6.42 Å². The zero-order chi connectivity index (χ0) is 12.3. The third kappa shape index (κ3) is 3.29. The minimum Gasteiger partial charge on any atom is -0.317 e. The second kappa shape index (κ2) is 5.63. The Morgan fingerprint density at radius 1 is 1.29 bits per heavy atom. The highest BCUT2D eigenvalue weighted by atomic mass is 19.1. The van der Waals surface area contributed by atoms with E-state index in [1.54, 1.807) is 12.1 Å². The number of benzene rings is 1. The molecule has 0 atom stereocenters. The van der Waals surface area contributed by atoms with Crippen LogP contribution in [0.1, 0.15) is 43.7 Å². The summed E-state index contributed by atoms with van der Waals surface area (Å²) < 4.78 is 13.4. The van der Waals surface area contributed by atoms with Gasteiger partial charge in [0.1, 0.15) is 5.82 Å². The van der Waals surface area contributed by atoms with Gasteiger partial charge in [0, 0.05) is 0 Å². The second-order valence-electron chi connectivity index (χ2n) is 5.40. The van der Waals surface area contributed by atoms with Crippen LogP contribution in [0, 0.1) is 11.7 Å². The first-order chi connectivity index (χ1) is 8.16. The maximum Gasteiger partial charge on any atom is 0.123 e. The van der Waals surface area contributed by atoms with E-state index in [9.17, 15) is 4.39 Å². The Kier molecular flexibility index (Phi) is 4.16. The molecule has 1 saturated heterocycles. The smallest absolute Gasteiger partial charge is 0.123 e. The molecule has 1 aliphatic heterocycles. The van der Waals surface area contributed by atoms with Gasteiger partial charge in [-0.1, -0.05) is 19.9 Å². The molecule has 1 N–H and O–H groups in total. The largest absolute Gasteiger partial charge is 0.317 e. The van der Waals surface area contributed by atoms with Crippen molar-refractivity contribution in [2.45, 2.75) is 39.0 Å². The molecule has 1 aliphatic rings. The average Bonchev–Trinajstić information content (AvgIpc) is 2.30. The highest BCUT2D eigenvalue weighted by Gasteiger charge is 2.16. The number of hydrogen-bond acceptors (Lipinski definition) is 1. The fourth-order valence-corrected chi connectivity index (χ4v) is 2.71. The molecule has 0 spiro atoms. The molecule has 1 aromatic carbocycles. The van der Waals surface area contributed by atoms with Crippen LogP contribution >= 0.6 is 0 Å². The maximum atomic E-state index is 13.4. The van der Waals surface area contributed by atoms with Crippen molar-refractivity contribution in [1.82, 2.24) is 5.32 Å². The van der Waals surface area contributed by atoms with Crippen molar-refractivity contribution in [3.8, 4) is 0 Å². The van der Waals surface area contributed by atoms with Crippen molar-refractivity contribution in [2.24, 2.45) is 5.92 Å². The van der Waals surface area contributed by atoms with E-state index >= 15 is 0 Å². The minimum absolute atomic E-state index is 0.0988. The standard InChI is InChI=1S/C15H22FN/c1-11(2)15-4-3-14(16)10-13(15)9-12-5-7-17-8-6-12/h3-4,10-12,17H,5-9H2,1-2H3. The van der Waals surface area contributed by atoms with Gasteiger partial charge in [-0.3, -0.25) is 0 Å². The number of nitrogens with one attached hydrogen (secondary N) is 1. The highest BCUT2D eigenvalue weighted by Crippen LogP contribution is 2.25. The fourth-order valence-electron chi connectivity index (χ4n) is 2.71. The molecule has 1 aromatic rings. The van der Waals surface area contributed by atoms with Crippen LogP contribution < -0.4 is 5.32 Å². The monoisotopic (exact) mass is 235 g/mol. The number of rotatable bonds is 3. The van der Waals surface area contributed by atoms with Crippen LogP contribution in [0.3, 0.4) is 0 Å². The lowest BCUT2D eigenvalue weighted by atomic mass is 9.86. The number of hydrogen-bond donors (Lipinski definition) is 1. The van der Waals surface area contributed by atoms with Gasteiger partial charge in [0.05, 0.1) is 0 Å². The average molecular weight is 235 g/mol. The first-order valence-corrected chi connectivity index (χ1v) is 6.66. The Morgan fingerprint density at radius 2 is 2.00 bits per heavy atom. The van der Waals surface area contributed by atoms with Crippen LogP contribution in [0.5, 0.6) is 0 Å². The lowest BCUT2D eigenvalue weighted by molar-refractivity contribution is 0.371. The Bertz CT molecular complexity index is 367. The maximum absolute atomic E-state index is 13.4. The summed E-state index contributed by atoms with van der Waals surface area (Å²) in [5.41, 5.74) is 2.52. The first-order valence-electron chi connectivity index (χ1n) is 6.66. The Morgan fingerprint density at radius 3 is 2.65 bits per heavy atom. The van der Waals surface area contributed by atoms with Crippen molar-refractivity contribution >= 4 is 0 Å². The quantitative estimate of drug-likeness (QED) is 0.845. The molecule has 0 amide bonds. The molecule has 2 rings (SSSR count). The van der Waals surface area contributed by atoms with Gasteiger partial charge in [-0.15, -0.1) is 0 Å². The second-order valence-corrected chi connectivity index (χ2v) is 5.40. The third-order valence-corrected chi connectivity index (χ3v) is 3.69. The molecule has 0 unspecified atom stereocenters. The topological polar surface area (TPSA) is 12.0 Å². The number of piperidine rings is 1. The first kappa shape index (κ1) is 12.6. The van der Waals surface area contributed by atoms with Gasteiger partial charge < -0.3 is 5.32 Å². The summed E-state index contributed by atoms with van der Waals surface area (Å²) in [6.45, 7) is 6.58.